The van der Waals surface area contributed by atoms with Crippen LogP contribution in [0.5, 0.6) is 0 Å². The van der Waals surface area contributed by atoms with Gasteiger partial charge in [-0.05, 0) is 55.7 Å². The highest BCUT2D eigenvalue weighted by Gasteiger charge is 2.20. The molecule has 7 heteroatoms. The maximum atomic E-state index is 13.0. The van der Waals surface area contributed by atoms with Crippen molar-refractivity contribution in [2.24, 2.45) is 22.6 Å². The molecular weight excluding hydrogens is 446 g/mol. The van der Waals surface area contributed by atoms with Crippen molar-refractivity contribution in [3.63, 3.8) is 0 Å². The normalized spacial score (nSPS) is 21.4. The van der Waals surface area contributed by atoms with Crippen molar-refractivity contribution < 1.29 is 9.18 Å². The topological polar surface area (TPSA) is 79.5 Å². The third kappa shape index (κ3) is 7.47. The van der Waals surface area contributed by atoms with Gasteiger partial charge >= 0.3 is 0 Å². The van der Waals surface area contributed by atoms with Crippen LogP contribution in [-0.4, -0.2) is 31.5 Å². The molecule has 1 amide bonds. The Bertz CT molecular complexity index is 586. The maximum absolute atomic E-state index is 13.0. The lowest BCUT2D eigenvalue weighted by Crippen LogP contribution is -2.47. The largest absolute Gasteiger partial charge is 0.369 e. The van der Waals surface area contributed by atoms with E-state index in [4.69, 9.17) is 5.73 Å². The van der Waals surface area contributed by atoms with E-state index in [0.29, 0.717) is 25.0 Å². The molecule has 146 valence electrons. The lowest BCUT2D eigenvalue weighted by atomic mass is 9.87. The van der Waals surface area contributed by atoms with Crippen LogP contribution in [0.4, 0.5) is 4.39 Å². The zero-order valence-corrected chi connectivity index (χ0v) is 17.8. The highest BCUT2D eigenvalue weighted by molar-refractivity contribution is 14.0. The summed E-state index contributed by atoms with van der Waals surface area (Å²) >= 11 is 0. The molecule has 0 saturated heterocycles. The van der Waals surface area contributed by atoms with Crippen LogP contribution in [0.25, 0.3) is 0 Å². The number of nitrogens with one attached hydrogen (secondary N) is 2. The molecule has 1 aromatic rings. The summed E-state index contributed by atoms with van der Waals surface area (Å²) in [7, 11) is 1.72. The summed E-state index contributed by atoms with van der Waals surface area (Å²) in [6, 6.07) is 6.58. The number of rotatable bonds is 6. The van der Waals surface area contributed by atoms with Crippen LogP contribution in [0, 0.1) is 17.7 Å². The zero-order valence-electron chi connectivity index (χ0n) is 15.5. The Morgan fingerprint density at radius 1 is 1.27 bits per heavy atom. The van der Waals surface area contributed by atoms with Crippen LogP contribution in [-0.2, 0) is 11.2 Å². The highest BCUT2D eigenvalue weighted by atomic mass is 127. The number of nitrogens with zero attached hydrogens (tertiary/aromatic N) is 1. The number of amides is 1. The van der Waals surface area contributed by atoms with Crippen molar-refractivity contribution in [1.82, 2.24) is 10.6 Å². The minimum atomic E-state index is -0.379. The number of primary amides is 1. The first kappa shape index (κ1) is 22.7. The van der Waals surface area contributed by atoms with E-state index in [9.17, 15) is 9.18 Å². The van der Waals surface area contributed by atoms with Gasteiger partial charge in [0.15, 0.2) is 5.96 Å². The molecule has 0 aromatic heterocycles. The summed E-state index contributed by atoms with van der Waals surface area (Å²) in [6.45, 7) is 2.69. The van der Waals surface area contributed by atoms with Gasteiger partial charge in [-0.25, -0.2) is 4.39 Å². The Morgan fingerprint density at radius 2 is 1.88 bits per heavy atom. The van der Waals surface area contributed by atoms with Crippen molar-refractivity contribution >= 4 is 35.8 Å². The van der Waals surface area contributed by atoms with Gasteiger partial charge in [0.25, 0.3) is 0 Å². The highest BCUT2D eigenvalue weighted by Crippen LogP contribution is 2.23. The Labute approximate surface area is 172 Å². The molecule has 0 spiro atoms. The van der Waals surface area contributed by atoms with Crippen molar-refractivity contribution in [3.05, 3.63) is 35.6 Å². The number of hydrogen-bond donors (Lipinski definition) is 3. The monoisotopic (exact) mass is 476 g/mol. The summed E-state index contributed by atoms with van der Waals surface area (Å²) in [6.07, 6.45) is 5.19. The van der Waals surface area contributed by atoms with E-state index in [1.807, 2.05) is 0 Å². The maximum Gasteiger partial charge on any atom is 0.222 e. The van der Waals surface area contributed by atoms with Gasteiger partial charge in [0, 0.05) is 19.6 Å². The van der Waals surface area contributed by atoms with E-state index in [1.165, 1.54) is 25.0 Å². The number of guanidine groups is 1. The predicted molar refractivity (Wildman–Crippen MR) is 114 cm³/mol. The van der Waals surface area contributed by atoms with Gasteiger partial charge in [0.2, 0.25) is 5.91 Å². The molecule has 26 heavy (non-hydrogen) atoms. The minimum absolute atomic E-state index is 0. The van der Waals surface area contributed by atoms with Gasteiger partial charge < -0.3 is 16.4 Å². The van der Waals surface area contributed by atoms with Crippen LogP contribution >= 0.6 is 24.0 Å². The van der Waals surface area contributed by atoms with Gasteiger partial charge in [-0.1, -0.05) is 19.1 Å². The SMILES string of the molecule is CN=C(NCC(Cc1ccc(F)cc1)C(N)=O)NC1CCC(C)CC1.I. The third-order valence-electron chi connectivity index (χ3n) is 4.89. The summed E-state index contributed by atoms with van der Waals surface area (Å²) in [4.78, 5) is 16.0. The fourth-order valence-electron chi connectivity index (χ4n) is 3.19. The van der Waals surface area contributed by atoms with Gasteiger partial charge in [-0.3, -0.25) is 9.79 Å². The van der Waals surface area contributed by atoms with Crippen molar-refractivity contribution in [1.29, 1.82) is 0 Å². The molecule has 5 nitrogen and oxygen atoms in total. The smallest absolute Gasteiger partial charge is 0.222 e. The van der Waals surface area contributed by atoms with E-state index < -0.39 is 0 Å². The molecular formula is C19H30FIN4O. The van der Waals surface area contributed by atoms with E-state index >= 15 is 0 Å². The second kappa shape index (κ2) is 11.4. The average molecular weight is 476 g/mol. The van der Waals surface area contributed by atoms with Crippen LogP contribution in [0.1, 0.15) is 38.2 Å². The van der Waals surface area contributed by atoms with E-state index in [-0.39, 0.29) is 41.6 Å². The van der Waals surface area contributed by atoms with E-state index in [1.54, 1.807) is 19.2 Å². The first-order valence-electron chi connectivity index (χ1n) is 8.99. The lowest BCUT2D eigenvalue weighted by molar-refractivity contribution is -0.121. The molecule has 1 aromatic carbocycles. The molecule has 0 aliphatic heterocycles. The van der Waals surface area contributed by atoms with Crippen molar-refractivity contribution in [2.75, 3.05) is 13.6 Å². The van der Waals surface area contributed by atoms with Crippen molar-refractivity contribution in [2.45, 2.75) is 45.1 Å². The predicted octanol–water partition coefficient (Wildman–Crippen LogP) is 2.83. The molecule has 1 unspecified atom stereocenters. The van der Waals surface area contributed by atoms with E-state index in [2.05, 4.69) is 22.5 Å². The fourth-order valence-corrected chi connectivity index (χ4v) is 3.19. The Morgan fingerprint density at radius 3 is 2.42 bits per heavy atom. The van der Waals surface area contributed by atoms with Crippen LogP contribution < -0.4 is 16.4 Å². The Balaban J connectivity index is 0.00000338. The molecule has 4 N–H and O–H groups in total. The third-order valence-corrected chi connectivity index (χ3v) is 4.89. The van der Waals surface area contributed by atoms with Gasteiger partial charge in [0.05, 0.1) is 5.92 Å². The molecule has 0 bridgehead atoms. The Hall–Kier alpha value is -1.38. The second-order valence-corrected chi connectivity index (χ2v) is 6.98. The average Bonchev–Trinajstić information content (AvgIpc) is 2.60. The van der Waals surface area contributed by atoms with Crippen LogP contribution in [0.15, 0.2) is 29.3 Å². The first-order chi connectivity index (χ1) is 12.0. The molecule has 0 radical (unpaired) electrons. The number of hydrogen-bond acceptors (Lipinski definition) is 2. The second-order valence-electron chi connectivity index (χ2n) is 6.98. The quantitative estimate of drug-likeness (QED) is 0.336. The summed E-state index contributed by atoms with van der Waals surface area (Å²) < 4.78 is 13.0. The Kier molecular flexibility index (Phi) is 9.90. The van der Waals surface area contributed by atoms with E-state index in [0.717, 1.165) is 24.3 Å². The standard InChI is InChI=1S/C19H29FN4O.HI/c1-13-3-9-17(10-4-13)24-19(22-2)23-12-15(18(21)25)11-14-5-7-16(20)8-6-14;/h5-8,13,15,17H,3-4,9-12H2,1-2H3,(H2,21,25)(H2,22,23,24);1H. The van der Waals surface area contributed by atoms with Crippen LogP contribution in [0.3, 0.4) is 0 Å². The van der Waals surface area contributed by atoms with Crippen LogP contribution in [0.2, 0.25) is 0 Å². The number of carbonyl (C=O) groups is 1. The summed E-state index contributed by atoms with van der Waals surface area (Å²) in [5.41, 5.74) is 6.41. The number of benzene rings is 1. The van der Waals surface area contributed by atoms with Gasteiger partial charge in [-0.15, -0.1) is 24.0 Å². The number of halogens is 2. The molecule has 0 heterocycles. The molecule has 1 saturated carbocycles. The summed E-state index contributed by atoms with van der Waals surface area (Å²) in [5.74, 6) is 0.450. The molecule has 1 aliphatic carbocycles. The molecule has 1 fully saturated rings. The summed E-state index contributed by atoms with van der Waals surface area (Å²) in [5, 5.41) is 6.63. The molecule has 2 rings (SSSR count). The molecule has 1 atom stereocenters. The van der Waals surface area contributed by atoms with Gasteiger partial charge in [-0.2, -0.15) is 0 Å². The van der Waals surface area contributed by atoms with Gasteiger partial charge in [0.1, 0.15) is 5.82 Å². The fraction of sp³-hybridized carbons (Fsp3) is 0.579. The molecule has 1 aliphatic rings. The zero-order chi connectivity index (χ0) is 18.2. The number of nitrogens with two attached hydrogens (primary N) is 1. The minimum Gasteiger partial charge on any atom is -0.369 e. The first-order valence-corrected chi connectivity index (χ1v) is 8.99. The number of carbonyl (C=O) groups excluding carboxylic acids is 1. The lowest BCUT2D eigenvalue weighted by Gasteiger charge is -2.28. The number of aliphatic imine (C=N–C) groups is 1. The van der Waals surface area contributed by atoms with Crippen molar-refractivity contribution in [3.8, 4) is 0 Å².